The maximum atomic E-state index is 5.42. The molecule has 0 heterocycles. The molecule has 0 atom stereocenters. The highest BCUT2D eigenvalue weighted by atomic mass is 28.4. The van der Waals surface area contributed by atoms with Crippen LogP contribution in [-0.2, 0) is 26.6 Å². The third kappa shape index (κ3) is 16.3. The van der Waals surface area contributed by atoms with E-state index in [9.17, 15) is 0 Å². The van der Waals surface area contributed by atoms with Crippen LogP contribution in [0.3, 0.4) is 0 Å². The van der Waals surface area contributed by atoms with Crippen LogP contribution >= 0.6 is 0 Å². The normalized spacial score (nSPS) is 12.5. The monoisotopic (exact) mass is 513 g/mol. The molecule has 0 aromatic carbocycles. The predicted octanol–water partition coefficient (Wildman–Crippen LogP) is -0.529. The Bertz CT molecular complexity index is 372. The molecule has 13 heteroatoms. The van der Waals surface area contributed by atoms with E-state index in [0.717, 1.165) is 90.4 Å². The molecule has 0 aliphatic carbocycles. The third-order valence-electron chi connectivity index (χ3n) is 5.45. The maximum absolute atomic E-state index is 5.42. The molecule has 0 bridgehead atoms. The summed E-state index contributed by atoms with van der Waals surface area (Å²) in [6, 6.07) is 1.65. The van der Waals surface area contributed by atoms with E-state index in [2.05, 4.69) is 26.6 Å². The van der Waals surface area contributed by atoms with E-state index < -0.39 is 17.6 Å². The zero-order valence-corrected chi connectivity index (χ0v) is 23.8. The van der Waals surface area contributed by atoms with E-state index in [1.807, 2.05) is 0 Å². The lowest BCUT2D eigenvalue weighted by atomic mass is 10.4. The Kier molecular flexibility index (Phi) is 22.5. The fourth-order valence-corrected chi connectivity index (χ4v) is 6.75. The highest BCUT2D eigenvalue weighted by Crippen LogP contribution is 2.14. The minimum Gasteiger partial charge on any atom is -0.377 e. The molecule has 0 fully saturated rings. The van der Waals surface area contributed by atoms with Crippen molar-refractivity contribution in [2.24, 2.45) is 0 Å². The molecule has 200 valence electrons. The number of hydrogen-bond acceptors (Lipinski definition) is 11. The van der Waals surface area contributed by atoms with Crippen molar-refractivity contribution in [1.82, 2.24) is 26.6 Å². The highest BCUT2D eigenvalue weighted by molar-refractivity contribution is 6.60. The summed E-state index contributed by atoms with van der Waals surface area (Å²) < 4.78 is 32.5. The van der Waals surface area contributed by atoms with Gasteiger partial charge in [-0.15, -0.1) is 0 Å². The number of nitrogens with one attached hydrogen (secondary N) is 5. The van der Waals surface area contributed by atoms with Crippen LogP contribution in [0.4, 0.5) is 0 Å². The smallest absolute Gasteiger partial charge is 0.377 e. The molecule has 0 aliphatic heterocycles. The summed E-state index contributed by atoms with van der Waals surface area (Å²) in [7, 11) is 5.08. The van der Waals surface area contributed by atoms with E-state index in [0.29, 0.717) is 0 Å². The molecule has 33 heavy (non-hydrogen) atoms. The van der Waals surface area contributed by atoms with Crippen LogP contribution in [0.1, 0.15) is 12.8 Å². The molecule has 0 rings (SSSR count). The lowest BCUT2D eigenvalue weighted by molar-refractivity contribution is 0.122. The van der Waals surface area contributed by atoms with E-state index in [-0.39, 0.29) is 0 Å². The minimum absolute atomic E-state index is 0.824. The Morgan fingerprint density at radius 2 is 0.576 bits per heavy atom. The Labute approximate surface area is 204 Å². The largest absolute Gasteiger partial charge is 0.500 e. The van der Waals surface area contributed by atoms with Crippen LogP contribution in [0.5, 0.6) is 0 Å². The van der Waals surface area contributed by atoms with Gasteiger partial charge in [-0.25, -0.2) is 0 Å². The summed E-state index contributed by atoms with van der Waals surface area (Å²) in [6.45, 7) is 9.52. The molecule has 0 spiro atoms. The second kappa shape index (κ2) is 22.5. The van der Waals surface area contributed by atoms with Crippen molar-refractivity contribution >= 4 is 17.6 Å². The van der Waals surface area contributed by atoms with Crippen molar-refractivity contribution < 1.29 is 26.6 Å². The lowest BCUT2D eigenvalue weighted by Gasteiger charge is -2.24. The summed E-state index contributed by atoms with van der Waals surface area (Å²) in [6.07, 6.45) is 1.95. The maximum Gasteiger partial charge on any atom is 0.500 e. The van der Waals surface area contributed by atoms with Gasteiger partial charge in [0.2, 0.25) is 0 Å². The van der Waals surface area contributed by atoms with Crippen LogP contribution in [0.15, 0.2) is 0 Å². The molecule has 0 aromatic heterocycles. The molecule has 0 saturated carbocycles. The van der Waals surface area contributed by atoms with Gasteiger partial charge in [-0.3, -0.25) is 0 Å². The van der Waals surface area contributed by atoms with Crippen molar-refractivity contribution in [2.75, 3.05) is 108 Å². The molecule has 0 unspecified atom stereocenters. The molecule has 5 N–H and O–H groups in total. The zero-order valence-electron chi connectivity index (χ0n) is 21.8. The van der Waals surface area contributed by atoms with Gasteiger partial charge in [-0.1, -0.05) is 0 Å². The lowest BCUT2D eigenvalue weighted by Crippen LogP contribution is -2.43. The second-order valence-electron chi connectivity index (χ2n) is 7.55. The molecule has 0 aromatic rings. The fraction of sp³-hybridized carbons (Fsp3) is 1.00. The van der Waals surface area contributed by atoms with Gasteiger partial charge < -0.3 is 53.1 Å². The van der Waals surface area contributed by atoms with Gasteiger partial charge in [0.1, 0.15) is 0 Å². The third-order valence-corrected chi connectivity index (χ3v) is 11.1. The average Bonchev–Trinajstić information content (AvgIpc) is 2.86. The van der Waals surface area contributed by atoms with Gasteiger partial charge in [0, 0.05) is 107 Å². The van der Waals surface area contributed by atoms with E-state index in [1.54, 1.807) is 42.7 Å². The summed E-state index contributed by atoms with van der Waals surface area (Å²) in [5.41, 5.74) is 0. The first-order chi connectivity index (χ1) is 16.1. The molecular formula is C20H51N5O6Si2. The van der Waals surface area contributed by atoms with E-state index in [1.165, 1.54) is 0 Å². The second-order valence-corrected chi connectivity index (χ2v) is 13.7. The Hall–Kier alpha value is -0.00623. The molecule has 0 amide bonds. The number of rotatable bonds is 26. The summed E-state index contributed by atoms with van der Waals surface area (Å²) in [5.74, 6) is 0. The fourth-order valence-electron chi connectivity index (χ4n) is 3.30. The molecular weight excluding hydrogens is 462 g/mol. The van der Waals surface area contributed by atoms with Crippen molar-refractivity contribution in [3.63, 3.8) is 0 Å². The van der Waals surface area contributed by atoms with Gasteiger partial charge in [0.25, 0.3) is 0 Å². The highest BCUT2D eigenvalue weighted by Gasteiger charge is 2.37. The van der Waals surface area contributed by atoms with Crippen molar-refractivity contribution in [2.45, 2.75) is 24.9 Å². The standard InChI is InChI=1S/C20H51N5O6Si2/c1-26-32(27-2,28-3)19-7-9-21-11-13-23-15-17-25-18-16-24-14-12-22-10-8-20-33(29-4,30-5)31-6/h21-25H,7-20H2,1-6H3. The molecule has 0 aliphatic rings. The van der Waals surface area contributed by atoms with Crippen LogP contribution in [0.2, 0.25) is 12.1 Å². The molecule has 11 nitrogen and oxygen atoms in total. The quantitative estimate of drug-likeness (QED) is 0.0759. The van der Waals surface area contributed by atoms with Crippen molar-refractivity contribution in [3.8, 4) is 0 Å². The first-order valence-corrected chi connectivity index (χ1v) is 15.8. The van der Waals surface area contributed by atoms with E-state index >= 15 is 0 Å². The first kappa shape index (κ1) is 33.0. The van der Waals surface area contributed by atoms with Gasteiger partial charge in [-0.2, -0.15) is 0 Å². The SMILES string of the molecule is CO[Si](CCCNCCNCCNCCNCCNCCC[Si](OC)(OC)OC)(OC)OC. The van der Waals surface area contributed by atoms with Gasteiger partial charge >= 0.3 is 17.6 Å². The zero-order chi connectivity index (χ0) is 24.7. The van der Waals surface area contributed by atoms with Crippen LogP contribution in [-0.4, -0.2) is 126 Å². The van der Waals surface area contributed by atoms with Crippen molar-refractivity contribution in [1.29, 1.82) is 0 Å². The van der Waals surface area contributed by atoms with E-state index in [4.69, 9.17) is 26.6 Å². The van der Waals surface area contributed by atoms with Crippen LogP contribution in [0.25, 0.3) is 0 Å². The van der Waals surface area contributed by atoms with Gasteiger partial charge in [0.05, 0.1) is 0 Å². The Morgan fingerprint density at radius 3 is 0.788 bits per heavy atom. The van der Waals surface area contributed by atoms with Crippen molar-refractivity contribution in [3.05, 3.63) is 0 Å². The number of hydrogen-bond donors (Lipinski definition) is 5. The summed E-state index contributed by atoms with van der Waals surface area (Å²) >= 11 is 0. The topological polar surface area (TPSA) is 116 Å². The Balaban J connectivity index is 3.32. The first-order valence-electron chi connectivity index (χ1n) is 11.9. The van der Waals surface area contributed by atoms with Crippen LogP contribution < -0.4 is 26.6 Å². The molecule has 0 radical (unpaired) electrons. The van der Waals surface area contributed by atoms with Crippen LogP contribution in [0, 0.1) is 0 Å². The molecule has 0 saturated heterocycles. The Morgan fingerprint density at radius 1 is 0.364 bits per heavy atom. The average molecular weight is 514 g/mol. The van der Waals surface area contributed by atoms with Gasteiger partial charge in [-0.05, 0) is 25.9 Å². The predicted molar refractivity (Wildman–Crippen MR) is 137 cm³/mol. The summed E-state index contributed by atoms with van der Waals surface area (Å²) in [5, 5.41) is 17.2. The van der Waals surface area contributed by atoms with Gasteiger partial charge in [0.15, 0.2) is 0 Å². The minimum atomic E-state index is -2.42. The summed E-state index contributed by atoms with van der Waals surface area (Å²) in [4.78, 5) is 0.